The number of alkyl halides is 2. The molecule has 1 aromatic carbocycles. The normalized spacial score (nSPS) is 13.4. The number of benzene rings is 1. The van der Waals surface area contributed by atoms with Crippen LogP contribution >= 0.6 is 27.5 Å². The van der Waals surface area contributed by atoms with Crippen LogP contribution in [0.5, 0.6) is 0 Å². The molecule has 0 aliphatic rings. The van der Waals surface area contributed by atoms with E-state index >= 15 is 0 Å². The topological polar surface area (TPSA) is 26.0 Å². The summed E-state index contributed by atoms with van der Waals surface area (Å²) in [5.41, 5.74) is 5.52. The second-order valence-electron chi connectivity index (χ2n) is 2.50. The summed E-state index contributed by atoms with van der Waals surface area (Å²) in [6.45, 7) is 0. The number of hydrogen-bond acceptors (Lipinski definition) is 1. The van der Waals surface area contributed by atoms with Crippen LogP contribution in [0.3, 0.4) is 0 Å². The quantitative estimate of drug-likeness (QED) is 0.876. The van der Waals surface area contributed by atoms with Gasteiger partial charge in [-0.15, -0.1) is 0 Å². The van der Waals surface area contributed by atoms with E-state index in [2.05, 4.69) is 15.9 Å². The largest absolute Gasteiger partial charge is 0.319 e. The second-order valence-corrected chi connectivity index (χ2v) is 3.76. The molecule has 0 aliphatic carbocycles. The molecule has 1 nitrogen and oxygen atoms in total. The molecule has 1 aromatic rings. The van der Waals surface area contributed by atoms with Gasteiger partial charge in [0, 0.05) is 15.1 Å². The lowest BCUT2D eigenvalue weighted by atomic mass is 10.1. The molecule has 0 bridgehead atoms. The van der Waals surface area contributed by atoms with Crippen LogP contribution in [0.4, 0.5) is 8.78 Å². The molecule has 0 heterocycles. The fourth-order valence-corrected chi connectivity index (χ4v) is 2.00. The molecular formula is C8H7BrClF2N. The van der Waals surface area contributed by atoms with Gasteiger partial charge >= 0.3 is 0 Å². The fraction of sp³-hybridized carbons (Fsp3) is 0.250. The van der Waals surface area contributed by atoms with Gasteiger partial charge in [-0.1, -0.05) is 33.6 Å². The monoisotopic (exact) mass is 269 g/mol. The fourth-order valence-electron chi connectivity index (χ4n) is 0.955. The van der Waals surface area contributed by atoms with Gasteiger partial charge in [0.1, 0.15) is 0 Å². The van der Waals surface area contributed by atoms with Crippen molar-refractivity contribution in [2.24, 2.45) is 5.73 Å². The Balaban J connectivity index is 3.12. The van der Waals surface area contributed by atoms with Gasteiger partial charge in [-0.2, -0.15) is 0 Å². The Hall–Kier alpha value is -0.190. The summed E-state index contributed by atoms with van der Waals surface area (Å²) < 4.78 is 25.0. The molecule has 72 valence electrons. The van der Waals surface area contributed by atoms with Crippen LogP contribution in [0.1, 0.15) is 11.6 Å². The highest BCUT2D eigenvalue weighted by molar-refractivity contribution is 9.10. The van der Waals surface area contributed by atoms with Gasteiger partial charge in [0.25, 0.3) is 6.43 Å². The average Bonchev–Trinajstić information content (AvgIpc) is 2.03. The highest BCUT2D eigenvalue weighted by Crippen LogP contribution is 2.31. The predicted molar refractivity (Wildman–Crippen MR) is 52.1 cm³/mol. The number of rotatable bonds is 2. The lowest BCUT2D eigenvalue weighted by molar-refractivity contribution is 0.116. The summed E-state index contributed by atoms with van der Waals surface area (Å²) in [4.78, 5) is 0. The minimum Gasteiger partial charge on any atom is -0.319 e. The Morgan fingerprint density at radius 2 is 2.00 bits per heavy atom. The zero-order chi connectivity index (χ0) is 10.0. The summed E-state index contributed by atoms with van der Waals surface area (Å²) in [5.74, 6) is 0. The standard InChI is InChI=1S/C8H7BrClF2N/c9-4-2-1-3-5(10)6(4)7(13)8(11)12/h1-3,7-8H,13H2. The number of nitrogens with two attached hydrogens (primary N) is 1. The Labute approximate surface area is 88.0 Å². The molecule has 0 amide bonds. The van der Waals surface area contributed by atoms with Crippen molar-refractivity contribution in [3.05, 3.63) is 33.3 Å². The molecular weight excluding hydrogens is 263 g/mol. The molecule has 0 fully saturated rings. The van der Waals surface area contributed by atoms with Crippen molar-refractivity contribution in [2.75, 3.05) is 0 Å². The first-order valence-electron chi connectivity index (χ1n) is 3.51. The maximum absolute atomic E-state index is 12.3. The van der Waals surface area contributed by atoms with Gasteiger partial charge < -0.3 is 5.73 Å². The Morgan fingerprint density at radius 3 is 2.46 bits per heavy atom. The van der Waals surface area contributed by atoms with Crippen molar-refractivity contribution in [3.63, 3.8) is 0 Å². The van der Waals surface area contributed by atoms with E-state index in [-0.39, 0.29) is 10.6 Å². The summed E-state index contributed by atoms with van der Waals surface area (Å²) in [6.07, 6.45) is -2.61. The lowest BCUT2D eigenvalue weighted by Gasteiger charge is -2.14. The van der Waals surface area contributed by atoms with Gasteiger partial charge in [0.2, 0.25) is 0 Å². The van der Waals surface area contributed by atoms with Crippen molar-refractivity contribution >= 4 is 27.5 Å². The Bertz CT molecular complexity index is 286. The van der Waals surface area contributed by atoms with E-state index in [4.69, 9.17) is 17.3 Å². The van der Waals surface area contributed by atoms with Crippen LogP contribution in [0.25, 0.3) is 0 Å². The molecule has 5 heteroatoms. The van der Waals surface area contributed by atoms with Crippen molar-refractivity contribution in [1.29, 1.82) is 0 Å². The molecule has 13 heavy (non-hydrogen) atoms. The third-order valence-electron chi connectivity index (χ3n) is 1.60. The number of hydrogen-bond donors (Lipinski definition) is 1. The average molecular weight is 271 g/mol. The van der Waals surface area contributed by atoms with Crippen LogP contribution in [0.2, 0.25) is 5.02 Å². The van der Waals surface area contributed by atoms with Crippen LogP contribution in [0.15, 0.2) is 22.7 Å². The zero-order valence-corrected chi connectivity index (χ0v) is 8.82. The molecule has 2 N–H and O–H groups in total. The molecule has 0 aromatic heterocycles. The van der Waals surface area contributed by atoms with E-state index in [9.17, 15) is 8.78 Å². The number of halogens is 4. The maximum atomic E-state index is 12.3. The third-order valence-corrected chi connectivity index (χ3v) is 2.63. The summed E-state index contributed by atoms with van der Waals surface area (Å²) in [6, 6.07) is 3.48. The molecule has 1 rings (SSSR count). The lowest BCUT2D eigenvalue weighted by Crippen LogP contribution is -2.19. The van der Waals surface area contributed by atoms with Crippen molar-refractivity contribution in [2.45, 2.75) is 12.5 Å². The van der Waals surface area contributed by atoms with Crippen LogP contribution in [0, 0.1) is 0 Å². The first-order valence-corrected chi connectivity index (χ1v) is 4.68. The summed E-state index contributed by atoms with van der Waals surface area (Å²) in [5, 5.41) is 0.252. The van der Waals surface area contributed by atoms with E-state index in [1.807, 2.05) is 0 Å². The van der Waals surface area contributed by atoms with E-state index in [1.165, 1.54) is 6.07 Å². The first-order chi connectivity index (χ1) is 6.04. The molecule has 0 saturated carbocycles. The van der Waals surface area contributed by atoms with Crippen LogP contribution in [-0.2, 0) is 0 Å². The van der Waals surface area contributed by atoms with Crippen molar-refractivity contribution in [3.8, 4) is 0 Å². The summed E-state index contributed by atoms with van der Waals surface area (Å²) in [7, 11) is 0. The molecule has 1 atom stereocenters. The minimum atomic E-state index is -2.61. The van der Waals surface area contributed by atoms with Gasteiger partial charge in [-0.25, -0.2) is 8.78 Å². The van der Waals surface area contributed by atoms with Gasteiger partial charge in [-0.3, -0.25) is 0 Å². The molecule has 0 saturated heterocycles. The molecule has 0 spiro atoms. The predicted octanol–water partition coefficient (Wildman–Crippen LogP) is 3.37. The van der Waals surface area contributed by atoms with Gasteiger partial charge in [-0.05, 0) is 12.1 Å². The van der Waals surface area contributed by atoms with Crippen LogP contribution in [-0.4, -0.2) is 6.43 Å². The minimum absolute atomic E-state index is 0.249. The van der Waals surface area contributed by atoms with Gasteiger partial charge in [0.15, 0.2) is 0 Å². The van der Waals surface area contributed by atoms with Crippen molar-refractivity contribution < 1.29 is 8.78 Å². The van der Waals surface area contributed by atoms with E-state index < -0.39 is 12.5 Å². The maximum Gasteiger partial charge on any atom is 0.257 e. The molecule has 0 aliphatic heterocycles. The van der Waals surface area contributed by atoms with Crippen LogP contribution < -0.4 is 5.73 Å². The zero-order valence-electron chi connectivity index (χ0n) is 6.48. The Kier molecular flexibility index (Phi) is 3.64. The van der Waals surface area contributed by atoms with E-state index in [1.54, 1.807) is 12.1 Å². The SMILES string of the molecule is NC(c1c(Cl)cccc1Br)C(F)F. The van der Waals surface area contributed by atoms with E-state index in [0.29, 0.717) is 4.47 Å². The Morgan fingerprint density at radius 1 is 1.38 bits per heavy atom. The highest BCUT2D eigenvalue weighted by Gasteiger charge is 2.22. The highest BCUT2D eigenvalue weighted by atomic mass is 79.9. The van der Waals surface area contributed by atoms with E-state index in [0.717, 1.165) is 0 Å². The smallest absolute Gasteiger partial charge is 0.257 e. The third kappa shape index (κ3) is 2.39. The summed E-state index contributed by atoms with van der Waals surface area (Å²) >= 11 is 8.84. The molecule has 0 radical (unpaired) electrons. The van der Waals surface area contributed by atoms with Crippen molar-refractivity contribution in [1.82, 2.24) is 0 Å². The second kappa shape index (κ2) is 4.35. The first kappa shape index (κ1) is 10.9. The van der Waals surface area contributed by atoms with Gasteiger partial charge in [0.05, 0.1) is 6.04 Å². The molecule has 1 unspecified atom stereocenters.